The maximum Gasteiger partial charge on any atom is 0.361 e. The minimum atomic E-state index is -1.34. The van der Waals surface area contributed by atoms with Crippen molar-refractivity contribution in [3.8, 4) is 0 Å². The molecule has 0 saturated heterocycles. The van der Waals surface area contributed by atoms with Gasteiger partial charge in [-0.1, -0.05) is 12.1 Å². The van der Waals surface area contributed by atoms with Gasteiger partial charge in [-0.2, -0.15) is 0 Å². The first-order valence-electron chi connectivity index (χ1n) is 5.48. The van der Waals surface area contributed by atoms with Crippen molar-refractivity contribution in [1.82, 2.24) is 0 Å². The van der Waals surface area contributed by atoms with Crippen LogP contribution in [0, 0.1) is 5.92 Å². The van der Waals surface area contributed by atoms with E-state index in [2.05, 4.69) is 12.1 Å². The van der Waals surface area contributed by atoms with Crippen molar-refractivity contribution in [1.29, 1.82) is 0 Å². The molecule has 0 aromatic rings. The smallest absolute Gasteiger partial charge is 0.361 e. The van der Waals surface area contributed by atoms with Crippen molar-refractivity contribution in [3.05, 3.63) is 0 Å². The van der Waals surface area contributed by atoms with Gasteiger partial charge in [-0.25, -0.2) is 4.79 Å². The average Bonchev–Trinajstić information content (AvgIpc) is 2.20. The molecule has 5 nitrogen and oxygen atoms in total. The third-order valence-electron chi connectivity index (χ3n) is 2.79. The summed E-state index contributed by atoms with van der Waals surface area (Å²) in [7, 11) is 0. The molecule has 1 fully saturated rings. The number of oxime groups is 1. The first-order valence-corrected chi connectivity index (χ1v) is 5.48. The van der Waals surface area contributed by atoms with E-state index in [1.54, 1.807) is 0 Å². The molecule has 1 rings (SSSR count). The van der Waals surface area contributed by atoms with Gasteiger partial charge in [0.05, 0.1) is 0 Å². The highest BCUT2D eigenvalue weighted by molar-refractivity contribution is 6.63. The van der Waals surface area contributed by atoms with Crippen molar-refractivity contribution < 1.29 is 19.5 Å². The molecule has 1 N–H and O–H groups in total. The second kappa shape index (κ2) is 5.63. The monoisotopic (exact) mass is 227 g/mol. The quantitative estimate of drug-likeness (QED) is 0.449. The number of aliphatic carboxylic acids is 1. The topological polar surface area (TPSA) is 76.0 Å². The van der Waals surface area contributed by atoms with Gasteiger partial charge in [-0.3, -0.25) is 4.79 Å². The van der Waals surface area contributed by atoms with Crippen LogP contribution in [0.3, 0.4) is 0 Å². The fourth-order valence-electron chi connectivity index (χ4n) is 1.72. The van der Waals surface area contributed by atoms with Crippen molar-refractivity contribution in [2.45, 2.75) is 45.6 Å². The maximum atomic E-state index is 10.9. The Morgan fingerprint density at radius 2 is 1.81 bits per heavy atom. The average molecular weight is 227 g/mol. The summed E-state index contributed by atoms with van der Waals surface area (Å²) in [6.45, 7) is 3.34. The predicted molar refractivity (Wildman–Crippen MR) is 58.3 cm³/mol. The lowest BCUT2D eigenvalue weighted by Crippen LogP contribution is -2.24. The van der Waals surface area contributed by atoms with Gasteiger partial charge in [0.15, 0.2) is 5.78 Å². The Balaban J connectivity index is 2.50. The number of carboxylic acid groups (broad SMARTS) is 1. The summed E-state index contributed by atoms with van der Waals surface area (Å²) in [6, 6.07) is 0. The second-order valence-corrected chi connectivity index (χ2v) is 4.29. The Morgan fingerprint density at radius 1 is 1.25 bits per heavy atom. The number of hydrogen-bond acceptors (Lipinski definition) is 4. The van der Waals surface area contributed by atoms with Crippen LogP contribution in [0.15, 0.2) is 5.16 Å². The van der Waals surface area contributed by atoms with Gasteiger partial charge in [0, 0.05) is 6.92 Å². The Hall–Kier alpha value is -1.39. The second-order valence-electron chi connectivity index (χ2n) is 4.29. The Kier molecular flexibility index (Phi) is 4.46. The molecule has 0 aliphatic heterocycles. The lowest BCUT2D eigenvalue weighted by molar-refractivity contribution is -0.130. The minimum absolute atomic E-state index is 0.0510. The van der Waals surface area contributed by atoms with E-state index < -0.39 is 17.5 Å². The summed E-state index contributed by atoms with van der Waals surface area (Å²) in [6.07, 6.45) is 3.81. The highest BCUT2D eigenvalue weighted by Gasteiger charge is 2.21. The molecule has 1 aliphatic rings. The molecular weight excluding hydrogens is 210 g/mol. The minimum Gasteiger partial charge on any atom is -0.476 e. The molecule has 0 atom stereocenters. The number of carbonyl (C=O) groups excluding carboxylic acids is 1. The van der Waals surface area contributed by atoms with Crippen LogP contribution >= 0.6 is 0 Å². The zero-order chi connectivity index (χ0) is 12.1. The van der Waals surface area contributed by atoms with Crippen LogP contribution in [0.1, 0.15) is 39.5 Å². The first kappa shape index (κ1) is 12.7. The Morgan fingerprint density at radius 3 is 2.25 bits per heavy atom. The highest BCUT2D eigenvalue weighted by atomic mass is 16.6. The molecule has 16 heavy (non-hydrogen) atoms. The summed E-state index contributed by atoms with van der Waals surface area (Å²) < 4.78 is 0. The summed E-state index contributed by atoms with van der Waals surface area (Å²) in [5.74, 6) is -1.23. The van der Waals surface area contributed by atoms with E-state index in [9.17, 15) is 9.59 Å². The molecule has 1 saturated carbocycles. The van der Waals surface area contributed by atoms with E-state index in [0.29, 0.717) is 5.92 Å². The van der Waals surface area contributed by atoms with Crippen LogP contribution in [0.2, 0.25) is 0 Å². The molecule has 0 spiro atoms. The molecule has 0 aromatic carbocycles. The molecule has 0 bridgehead atoms. The molecule has 0 radical (unpaired) electrons. The van der Waals surface area contributed by atoms with Crippen LogP contribution in [0.25, 0.3) is 0 Å². The Bertz CT molecular complexity index is 287. The van der Waals surface area contributed by atoms with Crippen molar-refractivity contribution in [2.24, 2.45) is 11.1 Å². The normalized spacial score (nSPS) is 26.2. The molecule has 0 aromatic heterocycles. The molecule has 0 heterocycles. The van der Waals surface area contributed by atoms with E-state index in [1.807, 2.05) is 0 Å². The molecule has 0 unspecified atom stereocenters. The van der Waals surface area contributed by atoms with E-state index in [-0.39, 0.29) is 6.10 Å². The highest BCUT2D eigenvalue weighted by Crippen LogP contribution is 2.25. The molecule has 0 amide bonds. The molecular formula is C11H17NO4. The van der Waals surface area contributed by atoms with Crippen LogP contribution in [-0.4, -0.2) is 28.7 Å². The number of rotatable bonds is 4. The molecule has 1 aliphatic carbocycles. The number of hydrogen-bond donors (Lipinski definition) is 1. The number of carbonyl (C=O) groups is 2. The third kappa shape index (κ3) is 3.64. The van der Waals surface area contributed by atoms with Crippen LogP contribution in [0.4, 0.5) is 0 Å². The van der Waals surface area contributed by atoms with E-state index in [1.165, 1.54) is 6.92 Å². The predicted octanol–water partition coefficient (Wildman–Crippen LogP) is 1.61. The summed E-state index contributed by atoms with van der Waals surface area (Å²) in [5, 5.41) is 12.1. The summed E-state index contributed by atoms with van der Waals surface area (Å²) in [4.78, 5) is 26.7. The van der Waals surface area contributed by atoms with Gasteiger partial charge in [0.2, 0.25) is 5.71 Å². The van der Waals surface area contributed by atoms with Gasteiger partial charge < -0.3 is 9.94 Å². The van der Waals surface area contributed by atoms with Crippen LogP contribution in [0.5, 0.6) is 0 Å². The maximum absolute atomic E-state index is 10.9. The van der Waals surface area contributed by atoms with Gasteiger partial charge in [-0.05, 0) is 31.6 Å². The van der Waals surface area contributed by atoms with Gasteiger partial charge >= 0.3 is 5.97 Å². The zero-order valence-electron chi connectivity index (χ0n) is 9.60. The fraction of sp³-hybridized carbons (Fsp3) is 0.727. The summed E-state index contributed by atoms with van der Waals surface area (Å²) in [5.41, 5.74) is -0.529. The van der Waals surface area contributed by atoms with Crippen molar-refractivity contribution in [2.75, 3.05) is 0 Å². The SMILES string of the molecule is CC(=O)C(=NO[C@H]1CC[C@H](C)CC1)C(=O)O. The summed E-state index contributed by atoms with van der Waals surface area (Å²) >= 11 is 0. The third-order valence-corrected chi connectivity index (χ3v) is 2.79. The molecule has 5 heteroatoms. The zero-order valence-corrected chi connectivity index (χ0v) is 9.60. The van der Waals surface area contributed by atoms with Gasteiger partial charge in [0.1, 0.15) is 6.10 Å². The van der Waals surface area contributed by atoms with E-state index in [4.69, 9.17) is 9.94 Å². The van der Waals surface area contributed by atoms with Gasteiger partial charge in [-0.15, -0.1) is 0 Å². The fourth-order valence-corrected chi connectivity index (χ4v) is 1.72. The van der Waals surface area contributed by atoms with Crippen molar-refractivity contribution >= 4 is 17.5 Å². The number of nitrogens with zero attached hydrogens (tertiary/aromatic N) is 1. The number of Topliss-reactive ketones (excluding diaryl/α,β-unsaturated/α-hetero) is 1. The molecule has 90 valence electrons. The van der Waals surface area contributed by atoms with Crippen LogP contribution in [-0.2, 0) is 14.4 Å². The first-order chi connectivity index (χ1) is 7.50. The lowest BCUT2D eigenvalue weighted by Gasteiger charge is -2.24. The van der Waals surface area contributed by atoms with Gasteiger partial charge in [0.25, 0.3) is 0 Å². The number of ketones is 1. The Labute approximate surface area is 94.5 Å². The lowest BCUT2D eigenvalue weighted by atomic mass is 9.89. The number of carboxylic acids is 1. The van der Waals surface area contributed by atoms with Crippen LogP contribution < -0.4 is 0 Å². The standard InChI is InChI=1S/C11H17NO4/c1-7-3-5-9(6-4-7)16-12-10(8(2)13)11(14)15/h7,9H,3-6H2,1-2H3,(H,14,15)/t7-,9-. The van der Waals surface area contributed by atoms with Crippen molar-refractivity contribution in [3.63, 3.8) is 0 Å². The van der Waals surface area contributed by atoms with E-state index >= 15 is 0 Å². The van der Waals surface area contributed by atoms with E-state index in [0.717, 1.165) is 25.7 Å². The largest absolute Gasteiger partial charge is 0.476 e.